The Labute approximate surface area is 105 Å². The molecule has 4 nitrogen and oxygen atoms in total. The summed E-state index contributed by atoms with van der Waals surface area (Å²) in [5, 5.41) is 2.93. The normalized spacial score (nSPS) is 23.4. The maximum atomic E-state index is 11.7. The van der Waals surface area contributed by atoms with E-state index in [0.29, 0.717) is 19.0 Å². The number of likely N-dealkylation sites (tertiary alicyclic amines) is 1. The summed E-state index contributed by atoms with van der Waals surface area (Å²) >= 11 is 0. The lowest BCUT2D eigenvalue weighted by molar-refractivity contribution is -0.122. The van der Waals surface area contributed by atoms with Crippen LogP contribution in [-0.4, -0.2) is 42.5 Å². The molecule has 100 valence electrons. The van der Waals surface area contributed by atoms with Crippen LogP contribution in [-0.2, 0) is 4.79 Å². The summed E-state index contributed by atoms with van der Waals surface area (Å²) in [4.78, 5) is 14.1. The predicted molar refractivity (Wildman–Crippen MR) is 70.8 cm³/mol. The highest BCUT2D eigenvalue weighted by Crippen LogP contribution is 2.20. The van der Waals surface area contributed by atoms with Crippen molar-refractivity contribution in [3.63, 3.8) is 0 Å². The lowest BCUT2D eigenvalue weighted by atomic mass is 9.99. The third-order valence-corrected chi connectivity index (χ3v) is 3.59. The summed E-state index contributed by atoms with van der Waals surface area (Å²) in [7, 11) is 0. The van der Waals surface area contributed by atoms with E-state index in [1.165, 1.54) is 19.3 Å². The maximum Gasteiger partial charge on any atom is 0.221 e. The molecule has 0 aromatic carbocycles. The lowest BCUT2D eigenvalue weighted by Gasteiger charge is -2.39. The van der Waals surface area contributed by atoms with Crippen LogP contribution in [0.5, 0.6) is 0 Å². The number of carbonyl (C=O) groups excluding carboxylic acids is 1. The van der Waals surface area contributed by atoms with E-state index in [1.807, 2.05) is 0 Å². The van der Waals surface area contributed by atoms with Gasteiger partial charge in [-0.15, -0.1) is 0 Å². The molecule has 0 aromatic heterocycles. The Morgan fingerprint density at radius 1 is 1.53 bits per heavy atom. The van der Waals surface area contributed by atoms with Gasteiger partial charge in [-0.05, 0) is 32.7 Å². The van der Waals surface area contributed by atoms with E-state index in [2.05, 4.69) is 24.1 Å². The van der Waals surface area contributed by atoms with Gasteiger partial charge in [-0.25, -0.2) is 0 Å². The number of nitrogens with zero attached hydrogens (tertiary/aromatic N) is 1. The molecular formula is C13H27N3O. The van der Waals surface area contributed by atoms with Gasteiger partial charge in [0.2, 0.25) is 5.91 Å². The zero-order valence-corrected chi connectivity index (χ0v) is 11.2. The predicted octanol–water partition coefficient (Wildman–Crippen LogP) is 1.10. The van der Waals surface area contributed by atoms with E-state index in [9.17, 15) is 4.79 Å². The van der Waals surface area contributed by atoms with Crippen molar-refractivity contribution in [2.45, 2.75) is 58.0 Å². The van der Waals surface area contributed by atoms with Gasteiger partial charge >= 0.3 is 0 Å². The van der Waals surface area contributed by atoms with Gasteiger partial charge < -0.3 is 11.1 Å². The molecule has 17 heavy (non-hydrogen) atoms. The molecule has 0 spiro atoms. The van der Waals surface area contributed by atoms with Gasteiger partial charge in [0.15, 0.2) is 0 Å². The molecule has 0 aromatic rings. The van der Waals surface area contributed by atoms with E-state index in [-0.39, 0.29) is 11.9 Å². The van der Waals surface area contributed by atoms with Crippen molar-refractivity contribution in [2.75, 3.05) is 19.6 Å². The molecule has 1 aliphatic heterocycles. The molecule has 2 unspecified atom stereocenters. The van der Waals surface area contributed by atoms with Gasteiger partial charge in [-0.3, -0.25) is 9.69 Å². The molecule has 1 fully saturated rings. The first-order valence-corrected chi connectivity index (χ1v) is 6.91. The molecule has 0 bridgehead atoms. The largest absolute Gasteiger partial charge is 0.356 e. The smallest absolute Gasteiger partial charge is 0.221 e. The van der Waals surface area contributed by atoms with Gasteiger partial charge in [0, 0.05) is 31.6 Å². The minimum absolute atomic E-state index is 0.139. The van der Waals surface area contributed by atoms with Crippen LogP contribution in [0.3, 0.4) is 0 Å². The standard InChI is InChI=1S/C13H27N3O/c1-3-7-15-13(17)9-12(10-14)16-8-5-4-6-11(16)2/h11-12H,3-10,14H2,1-2H3,(H,15,17). The molecular weight excluding hydrogens is 214 g/mol. The third kappa shape index (κ3) is 4.64. The zero-order chi connectivity index (χ0) is 12.7. The van der Waals surface area contributed by atoms with Crippen LogP contribution in [0.15, 0.2) is 0 Å². The van der Waals surface area contributed by atoms with Crippen molar-refractivity contribution in [3.8, 4) is 0 Å². The fraction of sp³-hybridized carbons (Fsp3) is 0.923. The van der Waals surface area contributed by atoms with E-state index >= 15 is 0 Å². The second-order valence-electron chi connectivity index (χ2n) is 5.03. The van der Waals surface area contributed by atoms with Crippen molar-refractivity contribution in [2.24, 2.45) is 5.73 Å². The number of piperidine rings is 1. The molecule has 0 aliphatic carbocycles. The van der Waals surface area contributed by atoms with Crippen molar-refractivity contribution in [3.05, 3.63) is 0 Å². The topological polar surface area (TPSA) is 58.4 Å². The Bertz CT molecular complexity index is 233. The molecule has 1 saturated heterocycles. The van der Waals surface area contributed by atoms with Crippen molar-refractivity contribution in [1.82, 2.24) is 10.2 Å². The molecule has 0 radical (unpaired) electrons. The van der Waals surface area contributed by atoms with Gasteiger partial charge in [-0.1, -0.05) is 13.3 Å². The summed E-state index contributed by atoms with van der Waals surface area (Å²) in [6, 6.07) is 0.776. The summed E-state index contributed by atoms with van der Waals surface area (Å²) in [6.45, 7) is 6.73. The number of carbonyl (C=O) groups is 1. The highest BCUT2D eigenvalue weighted by Gasteiger charge is 2.26. The minimum Gasteiger partial charge on any atom is -0.356 e. The van der Waals surface area contributed by atoms with E-state index < -0.39 is 0 Å². The number of nitrogens with two attached hydrogens (primary N) is 1. The number of nitrogens with one attached hydrogen (secondary N) is 1. The van der Waals surface area contributed by atoms with E-state index in [0.717, 1.165) is 19.5 Å². The van der Waals surface area contributed by atoms with Crippen molar-refractivity contribution >= 4 is 5.91 Å². The van der Waals surface area contributed by atoms with Crippen molar-refractivity contribution in [1.29, 1.82) is 0 Å². The molecule has 1 heterocycles. The summed E-state index contributed by atoms with van der Waals surface area (Å²) in [5.41, 5.74) is 5.82. The SMILES string of the molecule is CCCNC(=O)CC(CN)N1CCCCC1C. The lowest BCUT2D eigenvalue weighted by Crippen LogP contribution is -2.50. The Morgan fingerprint density at radius 3 is 2.88 bits per heavy atom. The number of rotatable bonds is 6. The average molecular weight is 241 g/mol. The first-order valence-electron chi connectivity index (χ1n) is 6.91. The van der Waals surface area contributed by atoms with Gasteiger partial charge in [0.1, 0.15) is 0 Å². The van der Waals surface area contributed by atoms with Crippen LogP contribution >= 0.6 is 0 Å². The summed E-state index contributed by atoms with van der Waals surface area (Å²) in [5.74, 6) is 0.139. The molecule has 4 heteroatoms. The molecule has 1 amide bonds. The second-order valence-corrected chi connectivity index (χ2v) is 5.03. The average Bonchev–Trinajstić information content (AvgIpc) is 2.34. The minimum atomic E-state index is 0.139. The Morgan fingerprint density at radius 2 is 2.29 bits per heavy atom. The quantitative estimate of drug-likeness (QED) is 0.732. The monoisotopic (exact) mass is 241 g/mol. The fourth-order valence-electron chi connectivity index (χ4n) is 2.55. The number of amides is 1. The highest BCUT2D eigenvalue weighted by molar-refractivity contribution is 5.76. The Hall–Kier alpha value is -0.610. The van der Waals surface area contributed by atoms with Crippen LogP contribution in [0.2, 0.25) is 0 Å². The fourth-order valence-corrected chi connectivity index (χ4v) is 2.55. The van der Waals surface area contributed by atoms with Crippen LogP contribution in [0, 0.1) is 0 Å². The van der Waals surface area contributed by atoms with E-state index in [4.69, 9.17) is 5.73 Å². The summed E-state index contributed by atoms with van der Waals surface area (Å²) in [6.07, 6.45) is 5.29. The third-order valence-electron chi connectivity index (χ3n) is 3.59. The first-order chi connectivity index (χ1) is 8.19. The van der Waals surface area contributed by atoms with E-state index in [1.54, 1.807) is 0 Å². The molecule has 0 saturated carbocycles. The Balaban J connectivity index is 2.43. The first kappa shape index (κ1) is 14.5. The highest BCUT2D eigenvalue weighted by atomic mass is 16.1. The van der Waals surface area contributed by atoms with Crippen molar-refractivity contribution < 1.29 is 4.79 Å². The van der Waals surface area contributed by atoms with Crippen LogP contribution in [0.25, 0.3) is 0 Å². The van der Waals surface area contributed by atoms with Crippen LogP contribution < -0.4 is 11.1 Å². The number of hydrogen-bond donors (Lipinski definition) is 2. The molecule has 1 rings (SSSR count). The summed E-state index contributed by atoms with van der Waals surface area (Å²) < 4.78 is 0. The van der Waals surface area contributed by atoms with Gasteiger partial charge in [0.25, 0.3) is 0 Å². The second kappa shape index (κ2) is 7.67. The molecule has 2 atom stereocenters. The van der Waals surface area contributed by atoms with Gasteiger partial charge in [0.05, 0.1) is 0 Å². The van der Waals surface area contributed by atoms with Crippen LogP contribution in [0.1, 0.15) is 46.0 Å². The maximum absolute atomic E-state index is 11.7. The molecule has 3 N–H and O–H groups in total. The number of hydrogen-bond acceptors (Lipinski definition) is 3. The zero-order valence-electron chi connectivity index (χ0n) is 11.2. The van der Waals surface area contributed by atoms with Gasteiger partial charge in [-0.2, -0.15) is 0 Å². The van der Waals surface area contributed by atoms with Crippen LogP contribution in [0.4, 0.5) is 0 Å². The molecule has 1 aliphatic rings. The Kier molecular flexibility index (Phi) is 6.52.